The lowest BCUT2D eigenvalue weighted by Gasteiger charge is -2.23. The highest BCUT2D eigenvalue weighted by Gasteiger charge is 2.28. The van der Waals surface area contributed by atoms with Crippen LogP contribution < -0.4 is 5.32 Å². The van der Waals surface area contributed by atoms with Gasteiger partial charge < -0.3 is 14.8 Å². The second kappa shape index (κ2) is 6.78. The summed E-state index contributed by atoms with van der Waals surface area (Å²) in [5.41, 5.74) is -0.571. The van der Waals surface area contributed by atoms with Gasteiger partial charge in [0.25, 0.3) is 0 Å². The van der Waals surface area contributed by atoms with E-state index < -0.39 is 23.7 Å². The molecule has 0 aromatic rings. The molecule has 19 heavy (non-hydrogen) atoms. The van der Waals surface area contributed by atoms with Crippen LogP contribution in [0.3, 0.4) is 0 Å². The fraction of sp³-hybridized carbons (Fsp3) is 0.857. The Balaban J connectivity index is 2.53. The van der Waals surface area contributed by atoms with Crippen molar-refractivity contribution in [1.29, 1.82) is 0 Å². The van der Waals surface area contributed by atoms with Crippen LogP contribution in [-0.2, 0) is 14.3 Å². The molecule has 1 N–H and O–H groups in total. The van der Waals surface area contributed by atoms with Crippen LogP contribution in [0.15, 0.2) is 0 Å². The van der Waals surface area contributed by atoms with Crippen molar-refractivity contribution in [2.75, 3.05) is 7.11 Å². The van der Waals surface area contributed by atoms with E-state index in [-0.39, 0.29) is 0 Å². The number of hydrogen-bond acceptors (Lipinski definition) is 4. The lowest BCUT2D eigenvalue weighted by molar-refractivity contribution is -0.143. The summed E-state index contributed by atoms with van der Waals surface area (Å²) in [5, 5.41) is 2.62. The van der Waals surface area contributed by atoms with Crippen LogP contribution in [0.1, 0.15) is 52.9 Å². The van der Waals surface area contributed by atoms with Crippen molar-refractivity contribution in [2.45, 2.75) is 64.5 Å². The summed E-state index contributed by atoms with van der Waals surface area (Å²) in [6, 6.07) is -0.608. The van der Waals surface area contributed by atoms with E-state index in [4.69, 9.17) is 9.47 Å². The van der Waals surface area contributed by atoms with E-state index in [1.54, 1.807) is 20.8 Å². The first-order chi connectivity index (χ1) is 8.81. The molecule has 1 aliphatic carbocycles. The standard InChI is InChI=1S/C14H25NO4/c1-14(2,3)19-13(17)15-11(12(16)18-4)9-10-7-5-6-8-10/h10-11H,5-9H2,1-4H3,(H,15,17)/t11-/m1/s1. The number of alkyl carbamates (subject to hydrolysis) is 1. The zero-order chi connectivity index (χ0) is 14.5. The van der Waals surface area contributed by atoms with Gasteiger partial charge >= 0.3 is 12.1 Å². The Bertz CT molecular complexity index is 316. The van der Waals surface area contributed by atoms with Crippen LogP contribution in [0, 0.1) is 5.92 Å². The maximum atomic E-state index is 11.7. The second-order valence-electron chi connectivity index (χ2n) is 6.11. The first-order valence-corrected chi connectivity index (χ1v) is 6.89. The number of carbonyl (C=O) groups excluding carboxylic acids is 2. The molecule has 5 heteroatoms. The molecular weight excluding hydrogens is 246 g/mol. The Morgan fingerprint density at radius 1 is 1.26 bits per heavy atom. The summed E-state index contributed by atoms with van der Waals surface area (Å²) < 4.78 is 9.91. The van der Waals surface area contributed by atoms with Gasteiger partial charge in [-0.05, 0) is 33.1 Å². The van der Waals surface area contributed by atoms with Crippen LogP contribution in [0.2, 0.25) is 0 Å². The molecule has 1 amide bonds. The predicted octanol–water partition coefficient (Wildman–Crippen LogP) is 2.63. The van der Waals surface area contributed by atoms with Gasteiger partial charge in [0.2, 0.25) is 0 Å². The van der Waals surface area contributed by atoms with Gasteiger partial charge in [-0.15, -0.1) is 0 Å². The third-order valence-electron chi connectivity index (χ3n) is 3.22. The van der Waals surface area contributed by atoms with Gasteiger partial charge in [0.1, 0.15) is 11.6 Å². The topological polar surface area (TPSA) is 64.6 Å². The first kappa shape index (κ1) is 15.8. The molecule has 5 nitrogen and oxygen atoms in total. The van der Waals surface area contributed by atoms with Crippen molar-refractivity contribution >= 4 is 12.1 Å². The minimum atomic E-state index is -0.608. The fourth-order valence-electron chi connectivity index (χ4n) is 2.39. The van der Waals surface area contributed by atoms with Crippen molar-refractivity contribution in [2.24, 2.45) is 5.92 Å². The summed E-state index contributed by atoms with van der Waals surface area (Å²) in [6.45, 7) is 5.37. The van der Waals surface area contributed by atoms with Crippen LogP contribution in [-0.4, -0.2) is 30.8 Å². The molecule has 1 saturated carbocycles. The molecule has 1 aliphatic rings. The number of hydrogen-bond donors (Lipinski definition) is 1. The molecule has 0 radical (unpaired) electrons. The van der Waals surface area contributed by atoms with Crippen LogP contribution >= 0.6 is 0 Å². The van der Waals surface area contributed by atoms with E-state index >= 15 is 0 Å². The number of rotatable bonds is 4. The zero-order valence-corrected chi connectivity index (χ0v) is 12.3. The van der Waals surface area contributed by atoms with Crippen LogP contribution in [0.4, 0.5) is 4.79 Å². The van der Waals surface area contributed by atoms with Crippen molar-refractivity contribution in [1.82, 2.24) is 5.32 Å². The number of amides is 1. The average molecular weight is 271 g/mol. The van der Waals surface area contributed by atoms with Gasteiger partial charge in [-0.1, -0.05) is 25.7 Å². The Morgan fingerprint density at radius 2 is 1.84 bits per heavy atom. The quantitative estimate of drug-likeness (QED) is 0.798. The zero-order valence-electron chi connectivity index (χ0n) is 12.3. The average Bonchev–Trinajstić information content (AvgIpc) is 2.77. The van der Waals surface area contributed by atoms with Gasteiger partial charge in [0, 0.05) is 0 Å². The molecular formula is C14H25NO4. The normalized spacial score (nSPS) is 17.9. The molecule has 0 heterocycles. The van der Waals surface area contributed by atoms with Gasteiger partial charge in [-0.2, -0.15) is 0 Å². The summed E-state index contributed by atoms with van der Waals surface area (Å²) >= 11 is 0. The summed E-state index contributed by atoms with van der Waals surface area (Å²) in [6.07, 6.45) is 4.69. The maximum absolute atomic E-state index is 11.7. The highest BCUT2D eigenvalue weighted by atomic mass is 16.6. The smallest absolute Gasteiger partial charge is 0.408 e. The molecule has 1 rings (SSSR count). The Kier molecular flexibility index (Phi) is 5.63. The largest absolute Gasteiger partial charge is 0.467 e. The van der Waals surface area contributed by atoms with Crippen molar-refractivity contribution in [3.8, 4) is 0 Å². The number of esters is 1. The van der Waals surface area contributed by atoms with Gasteiger partial charge in [-0.3, -0.25) is 0 Å². The third-order valence-corrected chi connectivity index (χ3v) is 3.22. The van der Waals surface area contributed by atoms with Gasteiger partial charge in [0.15, 0.2) is 0 Å². The highest BCUT2D eigenvalue weighted by molar-refractivity contribution is 5.81. The molecule has 0 aromatic carbocycles. The number of ether oxygens (including phenoxy) is 2. The molecule has 0 aromatic heterocycles. The molecule has 110 valence electrons. The van der Waals surface area contributed by atoms with E-state index in [2.05, 4.69) is 5.32 Å². The van der Waals surface area contributed by atoms with E-state index in [1.807, 2.05) is 0 Å². The summed E-state index contributed by atoms with van der Waals surface area (Å²) in [4.78, 5) is 23.4. The Morgan fingerprint density at radius 3 is 2.32 bits per heavy atom. The molecule has 0 spiro atoms. The number of carbonyl (C=O) groups is 2. The molecule has 0 aliphatic heterocycles. The van der Waals surface area contributed by atoms with Crippen LogP contribution in [0.25, 0.3) is 0 Å². The number of nitrogens with one attached hydrogen (secondary N) is 1. The van der Waals surface area contributed by atoms with Gasteiger partial charge in [0.05, 0.1) is 7.11 Å². The lowest BCUT2D eigenvalue weighted by atomic mass is 9.98. The molecule has 1 atom stereocenters. The minimum absolute atomic E-state index is 0.405. The van der Waals surface area contributed by atoms with E-state index in [9.17, 15) is 9.59 Å². The molecule has 1 fully saturated rings. The van der Waals surface area contributed by atoms with Crippen LogP contribution in [0.5, 0.6) is 0 Å². The van der Waals surface area contributed by atoms with Crippen molar-refractivity contribution in [3.05, 3.63) is 0 Å². The molecule has 0 bridgehead atoms. The minimum Gasteiger partial charge on any atom is -0.467 e. The SMILES string of the molecule is COC(=O)[C@@H](CC1CCCC1)NC(=O)OC(C)(C)C. The van der Waals surface area contributed by atoms with Crippen molar-refractivity contribution in [3.63, 3.8) is 0 Å². The predicted molar refractivity (Wildman–Crippen MR) is 71.7 cm³/mol. The second-order valence-corrected chi connectivity index (χ2v) is 6.11. The lowest BCUT2D eigenvalue weighted by Crippen LogP contribution is -2.44. The summed E-state index contributed by atoms with van der Waals surface area (Å²) in [7, 11) is 1.33. The fourth-order valence-corrected chi connectivity index (χ4v) is 2.39. The molecule has 0 saturated heterocycles. The first-order valence-electron chi connectivity index (χ1n) is 6.89. The maximum Gasteiger partial charge on any atom is 0.408 e. The van der Waals surface area contributed by atoms with E-state index in [0.29, 0.717) is 12.3 Å². The third kappa shape index (κ3) is 5.94. The molecule has 0 unspecified atom stereocenters. The Labute approximate surface area is 115 Å². The van der Waals surface area contributed by atoms with E-state index in [1.165, 1.54) is 20.0 Å². The number of methoxy groups -OCH3 is 1. The van der Waals surface area contributed by atoms with Crippen molar-refractivity contribution < 1.29 is 19.1 Å². The summed E-state index contributed by atoms with van der Waals surface area (Å²) in [5.74, 6) is 0.0804. The van der Waals surface area contributed by atoms with E-state index in [0.717, 1.165) is 12.8 Å². The van der Waals surface area contributed by atoms with Gasteiger partial charge in [-0.25, -0.2) is 9.59 Å². The monoisotopic (exact) mass is 271 g/mol. The highest BCUT2D eigenvalue weighted by Crippen LogP contribution is 2.28. The Hall–Kier alpha value is -1.26.